The number of aryl methyl sites for hydroxylation is 1. The van der Waals surface area contributed by atoms with Gasteiger partial charge in [-0.2, -0.15) is 0 Å². The zero-order valence-electron chi connectivity index (χ0n) is 11.8. The van der Waals surface area contributed by atoms with Gasteiger partial charge in [0.1, 0.15) is 12.0 Å². The van der Waals surface area contributed by atoms with Crippen LogP contribution in [0.5, 0.6) is 0 Å². The van der Waals surface area contributed by atoms with Crippen molar-refractivity contribution in [3.05, 3.63) is 53.5 Å². The van der Waals surface area contributed by atoms with Gasteiger partial charge in [-0.15, -0.1) is 24.2 Å². The highest BCUT2D eigenvalue weighted by Gasteiger charge is 2.08. The summed E-state index contributed by atoms with van der Waals surface area (Å²) in [5, 5.41) is 2.86. The first-order chi connectivity index (χ1) is 9.69. The van der Waals surface area contributed by atoms with Crippen molar-refractivity contribution < 1.29 is 9.21 Å². The second kappa shape index (κ2) is 8.77. The summed E-state index contributed by atoms with van der Waals surface area (Å²) in [6.07, 6.45) is 1.44. The summed E-state index contributed by atoms with van der Waals surface area (Å²) in [5.41, 5.74) is 7.20. The van der Waals surface area contributed by atoms with Crippen LogP contribution in [-0.2, 0) is 6.54 Å². The molecular formula is C15H19ClN2O2S. The van der Waals surface area contributed by atoms with Gasteiger partial charge in [0.15, 0.2) is 0 Å². The second-order valence-corrected chi connectivity index (χ2v) is 5.59. The third kappa shape index (κ3) is 5.46. The molecule has 0 unspecified atom stereocenters. The van der Waals surface area contributed by atoms with E-state index >= 15 is 0 Å². The second-order valence-electron chi connectivity index (χ2n) is 4.42. The van der Waals surface area contributed by atoms with Crippen LogP contribution in [0.25, 0.3) is 0 Å². The number of carbonyl (C=O) groups excluding carboxylic acids is 1. The Labute approximate surface area is 134 Å². The Morgan fingerprint density at radius 1 is 1.33 bits per heavy atom. The summed E-state index contributed by atoms with van der Waals surface area (Å²) in [4.78, 5) is 13.0. The fourth-order valence-corrected chi connectivity index (χ4v) is 2.45. The van der Waals surface area contributed by atoms with Crippen molar-refractivity contribution in [2.45, 2.75) is 18.4 Å². The number of furan rings is 1. The number of thioether (sulfide) groups is 1. The van der Waals surface area contributed by atoms with E-state index in [9.17, 15) is 4.79 Å². The number of halogens is 1. The highest BCUT2D eigenvalue weighted by molar-refractivity contribution is 7.99. The molecule has 21 heavy (non-hydrogen) atoms. The zero-order valence-corrected chi connectivity index (χ0v) is 13.4. The number of benzene rings is 1. The smallest absolute Gasteiger partial charge is 0.254 e. The Morgan fingerprint density at radius 2 is 2.05 bits per heavy atom. The van der Waals surface area contributed by atoms with E-state index in [-0.39, 0.29) is 18.3 Å². The molecule has 3 N–H and O–H groups in total. The van der Waals surface area contributed by atoms with Crippen LogP contribution in [0.3, 0.4) is 0 Å². The van der Waals surface area contributed by atoms with Gasteiger partial charge >= 0.3 is 0 Å². The molecule has 4 nitrogen and oxygen atoms in total. The van der Waals surface area contributed by atoms with Crippen molar-refractivity contribution in [1.29, 1.82) is 0 Å². The van der Waals surface area contributed by atoms with Crippen LogP contribution >= 0.6 is 24.2 Å². The topological polar surface area (TPSA) is 68.3 Å². The molecule has 0 bridgehead atoms. The lowest BCUT2D eigenvalue weighted by Gasteiger charge is -2.04. The van der Waals surface area contributed by atoms with Gasteiger partial charge in [0, 0.05) is 17.2 Å². The molecule has 0 aliphatic heterocycles. The number of nitrogens with one attached hydrogen (secondary N) is 1. The summed E-state index contributed by atoms with van der Waals surface area (Å²) in [6, 6.07) is 10.0. The average Bonchev–Trinajstić information content (AvgIpc) is 2.94. The molecule has 2 aromatic rings. The maximum atomic E-state index is 11.8. The van der Waals surface area contributed by atoms with Gasteiger partial charge in [-0.1, -0.05) is 17.7 Å². The molecule has 2 rings (SSSR count). The van der Waals surface area contributed by atoms with Gasteiger partial charge < -0.3 is 15.5 Å². The molecule has 0 aliphatic carbocycles. The van der Waals surface area contributed by atoms with Gasteiger partial charge in [-0.3, -0.25) is 4.79 Å². The van der Waals surface area contributed by atoms with Crippen molar-refractivity contribution in [1.82, 2.24) is 5.32 Å². The quantitative estimate of drug-likeness (QED) is 0.632. The third-order valence-corrected chi connectivity index (χ3v) is 3.81. The maximum absolute atomic E-state index is 11.8. The molecule has 6 heteroatoms. The minimum absolute atomic E-state index is 0. The predicted octanol–water partition coefficient (Wildman–Crippen LogP) is 2.99. The van der Waals surface area contributed by atoms with E-state index in [0.29, 0.717) is 24.4 Å². The summed E-state index contributed by atoms with van der Waals surface area (Å²) in [6.45, 7) is 2.98. The molecule has 0 atom stereocenters. The van der Waals surface area contributed by atoms with Crippen molar-refractivity contribution in [3.63, 3.8) is 0 Å². The highest BCUT2D eigenvalue weighted by atomic mass is 35.5. The number of carbonyl (C=O) groups is 1. The fourth-order valence-electron chi connectivity index (χ4n) is 1.68. The van der Waals surface area contributed by atoms with Crippen LogP contribution in [0.2, 0.25) is 0 Å². The fraction of sp³-hybridized carbons (Fsp3) is 0.267. The van der Waals surface area contributed by atoms with Gasteiger partial charge in [0.05, 0.1) is 12.1 Å². The van der Waals surface area contributed by atoms with Crippen LogP contribution in [0.4, 0.5) is 0 Å². The Hall–Kier alpha value is -1.43. The van der Waals surface area contributed by atoms with Crippen molar-refractivity contribution in [2.24, 2.45) is 5.73 Å². The van der Waals surface area contributed by atoms with E-state index in [0.717, 1.165) is 5.75 Å². The molecule has 1 aromatic heterocycles. The Morgan fingerprint density at radius 3 is 2.67 bits per heavy atom. The summed E-state index contributed by atoms with van der Waals surface area (Å²) >= 11 is 1.72. The summed E-state index contributed by atoms with van der Waals surface area (Å²) in [5.74, 6) is 1.32. The standard InChI is InChI=1S/C15H18N2O2S.ClH/c1-11-2-4-14(5-3-11)20-7-6-17-15(18)12-8-13(9-16)19-10-12;/h2-5,8,10H,6-7,9,16H2,1H3,(H,17,18);1H. The van der Waals surface area contributed by atoms with Crippen LogP contribution in [0.15, 0.2) is 45.9 Å². The van der Waals surface area contributed by atoms with E-state index in [1.54, 1.807) is 17.8 Å². The largest absolute Gasteiger partial charge is 0.467 e. The third-order valence-electron chi connectivity index (χ3n) is 2.79. The monoisotopic (exact) mass is 326 g/mol. The van der Waals surface area contributed by atoms with E-state index in [1.165, 1.54) is 16.7 Å². The lowest BCUT2D eigenvalue weighted by Crippen LogP contribution is -2.25. The normalized spacial score (nSPS) is 10.0. The summed E-state index contributed by atoms with van der Waals surface area (Å²) < 4.78 is 5.13. The maximum Gasteiger partial charge on any atom is 0.254 e. The number of nitrogens with two attached hydrogens (primary N) is 1. The van der Waals surface area contributed by atoms with E-state index in [4.69, 9.17) is 10.2 Å². The SMILES string of the molecule is Cc1ccc(SCCNC(=O)c2coc(CN)c2)cc1.Cl. The molecule has 0 aliphatic rings. The molecule has 1 amide bonds. The van der Waals surface area contributed by atoms with Crippen LogP contribution < -0.4 is 11.1 Å². The molecular weight excluding hydrogens is 308 g/mol. The molecule has 0 spiro atoms. The molecule has 0 saturated carbocycles. The molecule has 114 valence electrons. The highest BCUT2D eigenvalue weighted by Crippen LogP contribution is 2.17. The van der Waals surface area contributed by atoms with E-state index in [1.807, 2.05) is 0 Å². The Kier molecular flexibility index (Phi) is 7.36. The van der Waals surface area contributed by atoms with Gasteiger partial charge in [-0.05, 0) is 25.1 Å². The molecule has 0 saturated heterocycles. The van der Waals surface area contributed by atoms with Crippen molar-refractivity contribution >= 4 is 30.1 Å². The average molecular weight is 327 g/mol. The zero-order chi connectivity index (χ0) is 14.4. The van der Waals surface area contributed by atoms with E-state index < -0.39 is 0 Å². The lowest BCUT2D eigenvalue weighted by atomic mass is 10.2. The van der Waals surface area contributed by atoms with Crippen LogP contribution in [0, 0.1) is 6.92 Å². The predicted molar refractivity (Wildman–Crippen MR) is 88.1 cm³/mol. The molecule has 1 heterocycles. The van der Waals surface area contributed by atoms with E-state index in [2.05, 4.69) is 36.5 Å². The first-order valence-electron chi connectivity index (χ1n) is 6.44. The number of hydrogen-bond donors (Lipinski definition) is 2. The summed E-state index contributed by atoms with van der Waals surface area (Å²) in [7, 11) is 0. The van der Waals surface area contributed by atoms with Gasteiger partial charge in [-0.25, -0.2) is 0 Å². The minimum atomic E-state index is -0.127. The van der Waals surface area contributed by atoms with Crippen LogP contribution in [0.1, 0.15) is 21.7 Å². The van der Waals surface area contributed by atoms with Gasteiger partial charge in [0.25, 0.3) is 5.91 Å². The molecule has 0 radical (unpaired) electrons. The van der Waals surface area contributed by atoms with Crippen molar-refractivity contribution in [3.8, 4) is 0 Å². The number of hydrogen-bond acceptors (Lipinski definition) is 4. The van der Waals surface area contributed by atoms with Crippen LogP contribution in [-0.4, -0.2) is 18.2 Å². The minimum Gasteiger partial charge on any atom is -0.467 e. The van der Waals surface area contributed by atoms with Gasteiger partial charge in [0.2, 0.25) is 0 Å². The number of amides is 1. The first-order valence-corrected chi connectivity index (χ1v) is 7.43. The molecule has 1 aromatic carbocycles. The molecule has 0 fully saturated rings. The Balaban J connectivity index is 0.00000220. The lowest BCUT2D eigenvalue weighted by molar-refractivity contribution is 0.0955. The first kappa shape index (κ1) is 17.6. The van der Waals surface area contributed by atoms with Crippen molar-refractivity contribution in [2.75, 3.05) is 12.3 Å². The Bertz CT molecular complexity index is 569. The number of rotatable bonds is 6.